The van der Waals surface area contributed by atoms with Gasteiger partial charge in [-0.1, -0.05) is 30.3 Å². The third-order valence-electron chi connectivity index (χ3n) is 5.24. The molecule has 3 rings (SSSR count). The Balaban J connectivity index is 1.81. The number of aliphatic carboxylic acids is 1. The molecule has 1 N–H and O–H groups in total. The van der Waals surface area contributed by atoms with Gasteiger partial charge in [-0.25, -0.2) is 0 Å². The summed E-state index contributed by atoms with van der Waals surface area (Å²) in [6, 6.07) is 14.3. The van der Waals surface area contributed by atoms with Crippen molar-refractivity contribution in [3.63, 3.8) is 0 Å². The minimum atomic E-state index is -0.954. The van der Waals surface area contributed by atoms with Gasteiger partial charge in [0.15, 0.2) is 0 Å². The van der Waals surface area contributed by atoms with E-state index in [1.165, 1.54) is 14.2 Å². The number of piperidine rings is 1. The molecule has 2 aromatic rings. The third kappa shape index (κ3) is 3.60. The fraction of sp³-hybridized carbons (Fsp3) is 0.333. The molecule has 0 atom stereocenters. The zero-order valence-corrected chi connectivity index (χ0v) is 15.5. The maximum atomic E-state index is 12.9. The van der Waals surface area contributed by atoms with Crippen LogP contribution in [0.1, 0.15) is 28.8 Å². The number of hydrogen-bond donors (Lipinski definition) is 1. The Morgan fingerprint density at radius 1 is 0.963 bits per heavy atom. The molecular weight excluding hydrogens is 346 g/mol. The number of likely N-dealkylation sites (tertiary alicyclic amines) is 1. The first-order valence-electron chi connectivity index (χ1n) is 8.81. The molecule has 1 aliphatic heterocycles. The summed E-state index contributed by atoms with van der Waals surface area (Å²) in [6.45, 7) is 0.749. The van der Waals surface area contributed by atoms with E-state index in [0.717, 1.165) is 5.56 Å². The normalized spacial score (nSPS) is 15.9. The molecular formula is C21H23NO5. The van der Waals surface area contributed by atoms with Crippen LogP contribution in [0.2, 0.25) is 0 Å². The van der Waals surface area contributed by atoms with Crippen molar-refractivity contribution in [1.29, 1.82) is 0 Å². The lowest BCUT2D eigenvalue weighted by molar-refractivity contribution is -0.145. The predicted molar refractivity (Wildman–Crippen MR) is 100 cm³/mol. The molecule has 1 fully saturated rings. The summed E-state index contributed by atoms with van der Waals surface area (Å²) in [6.07, 6.45) is 0.748. The van der Waals surface area contributed by atoms with E-state index in [-0.39, 0.29) is 5.91 Å². The van der Waals surface area contributed by atoms with Gasteiger partial charge in [0.2, 0.25) is 0 Å². The summed E-state index contributed by atoms with van der Waals surface area (Å²) in [7, 11) is 3.07. The van der Waals surface area contributed by atoms with Gasteiger partial charge >= 0.3 is 5.97 Å². The van der Waals surface area contributed by atoms with E-state index in [4.69, 9.17) is 9.47 Å². The van der Waals surface area contributed by atoms with Crippen molar-refractivity contribution in [1.82, 2.24) is 4.90 Å². The van der Waals surface area contributed by atoms with Crippen molar-refractivity contribution in [3.8, 4) is 11.5 Å². The van der Waals surface area contributed by atoms with Crippen molar-refractivity contribution in [2.45, 2.75) is 18.3 Å². The third-order valence-corrected chi connectivity index (χ3v) is 5.24. The summed E-state index contributed by atoms with van der Waals surface area (Å²) in [5.41, 5.74) is 0.297. The Hall–Kier alpha value is -3.02. The highest BCUT2D eigenvalue weighted by Gasteiger charge is 2.43. The Bertz CT molecular complexity index is 803. The number of benzene rings is 2. The molecule has 6 nitrogen and oxygen atoms in total. The van der Waals surface area contributed by atoms with E-state index in [2.05, 4.69) is 0 Å². The molecule has 0 unspecified atom stereocenters. The molecule has 1 amide bonds. The molecule has 27 heavy (non-hydrogen) atoms. The summed E-state index contributed by atoms with van der Waals surface area (Å²) < 4.78 is 10.5. The zero-order chi connectivity index (χ0) is 19.4. The average molecular weight is 369 g/mol. The van der Waals surface area contributed by atoms with Gasteiger partial charge in [0.05, 0.1) is 19.6 Å². The zero-order valence-electron chi connectivity index (χ0n) is 15.5. The van der Waals surface area contributed by atoms with E-state index < -0.39 is 11.4 Å². The smallest absolute Gasteiger partial charge is 0.314 e. The number of carboxylic acids is 1. The molecule has 1 heterocycles. The van der Waals surface area contributed by atoms with E-state index in [9.17, 15) is 14.7 Å². The van der Waals surface area contributed by atoms with Crippen molar-refractivity contribution in [2.24, 2.45) is 0 Å². The maximum Gasteiger partial charge on any atom is 0.314 e. The first-order chi connectivity index (χ1) is 13.0. The van der Waals surface area contributed by atoms with Gasteiger partial charge in [-0.2, -0.15) is 0 Å². The van der Waals surface area contributed by atoms with E-state index in [1.807, 2.05) is 30.3 Å². The van der Waals surface area contributed by atoms with Crippen LogP contribution in [0.5, 0.6) is 11.5 Å². The second-order valence-electron chi connectivity index (χ2n) is 6.65. The Morgan fingerprint density at radius 3 is 2.00 bits per heavy atom. The molecule has 6 heteroatoms. The van der Waals surface area contributed by atoms with E-state index >= 15 is 0 Å². The lowest BCUT2D eigenvalue weighted by Gasteiger charge is -2.39. The fourth-order valence-corrected chi connectivity index (χ4v) is 3.59. The van der Waals surface area contributed by atoms with Crippen molar-refractivity contribution in [2.75, 3.05) is 27.3 Å². The summed E-state index contributed by atoms with van der Waals surface area (Å²) in [5, 5.41) is 9.88. The summed E-state index contributed by atoms with van der Waals surface area (Å²) in [4.78, 5) is 26.7. The van der Waals surface area contributed by atoms with Crippen LogP contribution >= 0.6 is 0 Å². The number of rotatable bonds is 5. The van der Waals surface area contributed by atoms with Crippen LogP contribution in [0.15, 0.2) is 48.5 Å². The second kappa shape index (κ2) is 7.70. The number of ether oxygens (including phenoxy) is 2. The monoisotopic (exact) mass is 369 g/mol. The fourth-order valence-electron chi connectivity index (χ4n) is 3.59. The summed E-state index contributed by atoms with van der Waals surface area (Å²) in [5.74, 6) is 0.0841. The Labute approximate surface area is 158 Å². The highest BCUT2D eigenvalue weighted by atomic mass is 16.5. The Morgan fingerprint density at radius 2 is 1.52 bits per heavy atom. The van der Waals surface area contributed by atoms with Gasteiger partial charge in [-0.3, -0.25) is 9.59 Å². The van der Waals surface area contributed by atoms with Crippen LogP contribution in [0, 0.1) is 0 Å². The minimum Gasteiger partial charge on any atom is -0.497 e. The highest BCUT2D eigenvalue weighted by Crippen LogP contribution is 2.36. The SMILES string of the molecule is COc1cc(OC)cc(C(=O)N2CCC(C(=O)O)(c3ccccc3)CC2)c1. The van der Waals surface area contributed by atoms with Gasteiger partial charge in [0.25, 0.3) is 5.91 Å². The molecule has 1 saturated heterocycles. The molecule has 142 valence electrons. The summed E-state index contributed by atoms with van der Waals surface area (Å²) >= 11 is 0. The van der Waals surface area contributed by atoms with Crippen LogP contribution < -0.4 is 9.47 Å². The van der Waals surface area contributed by atoms with Crippen LogP contribution in [-0.2, 0) is 10.2 Å². The largest absolute Gasteiger partial charge is 0.497 e. The minimum absolute atomic E-state index is 0.153. The molecule has 2 aromatic carbocycles. The maximum absolute atomic E-state index is 12.9. The number of hydrogen-bond acceptors (Lipinski definition) is 4. The number of carbonyl (C=O) groups excluding carboxylic acids is 1. The van der Waals surface area contributed by atoms with Gasteiger partial charge in [0.1, 0.15) is 11.5 Å². The van der Waals surface area contributed by atoms with Gasteiger partial charge in [-0.15, -0.1) is 0 Å². The molecule has 0 saturated carbocycles. The predicted octanol–water partition coefficient (Wildman–Crippen LogP) is 2.96. The molecule has 0 radical (unpaired) electrons. The molecule has 0 aliphatic carbocycles. The first-order valence-corrected chi connectivity index (χ1v) is 8.81. The van der Waals surface area contributed by atoms with Crippen molar-refractivity contribution < 1.29 is 24.2 Å². The quantitative estimate of drug-likeness (QED) is 0.877. The lowest BCUT2D eigenvalue weighted by Crippen LogP contribution is -2.49. The lowest BCUT2D eigenvalue weighted by atomic mass is 9.73. The second-order valence-corrected chi connectivity index (χ2v) is 6.65. The van der Waals surface area contributed by atoms with Gasteiger partial charge in [0, 0.05) is 24.7 Å². The number of carboxylic acid groups (broad SMARTS) is 1. The van der Waals surface area contributed by atoms with Crippen LogP contribution in [0.4, 0.5) is 0 Å². The number of nitrogens with zero attached hydrogens (tertiary/aromatic N) is 1. The number of carbonyl (C=O) groups is 2. The molecule has 0 aromatic heterocycles. The van der Waals surface area contributed by atoms with Gasteiger partial charge < -0.3 is 19.5 Å². The number of amides is 1. The van der Waals surface area contributed by atoms with Crippen LogP contribution in [0.25, 0.3) is 0 Å². The molecule has 1 aliphatic rings. The van der Waals surface area contributed by atoms with Crippen LogP contribution in [-0.4, -0.2) is 49.2 Å². The van der Waals surface area contributed by atoms with Crippen molar-refractivity contribution >= 4 is 11.9 Å². The average Bonchev–Trinajstić information content (AvgIpc) is 2.73. The topological polar surface area (TPSA) is 76.1 Å². The van der Waals surface area contributed by atoms with E-state index in [1.54, 1.807) is 23.1 Å². The van der Waals surface area contributed by atoms with Gasteiger partial charge in [-0.05, 0) is 30.5 Å². The standard InChI is InChI=1S/C21H23NO5/c1-26-17-12-15(13-18(14-17)27-2)19(23)22-10-8-21(9-11-22,20(24)25)16-6-4-3-5-7-16/h3-7,12-14H,8-11H2,1-2H3,(H,24,25). The molecule has 0 spiro atoms. The Kier molecular flexibility index (Phi) is 5.35. The number of methoxy groups -OCH3 is 2. The first kappa shape index (κ1) is 18.8. The van der Waals surface area contributed by atoms with E-state index in [0.29, 0.717) is 43.0 Å². The molecule has 0 bridgehead atoms. The van der Waals surface area contributed by atoms with Crippen LogP contribution in [0.3, 0.4) is 0 Å². The van der Waals surface area contributed by atoms with Crippen molar-refractivity contribution in [3.05, 3.63) is 59.7 Å². The highest BCUT2D eigenvalue weighted by molar-refractivity contribution is 5.95.